The van der Waals surface area contributed by atoms with Crippen molar-refractivity contribution in [3.05, 3.63) is 106 Å². The van der Waals surface area contributed by atoms with Gasteiger partial charge in [-0.3, -0.25) is 14.4 Å². The van der Waals surface area contributed by atoms with Gasteiger partial charge in [-0.15, -0.1) is 0 Å². The molecule has 2 amide bonds. The lowest BCUT2D eigenvalue weighted by molar-refractivity contribution is -0.148. The van der Waals surface area contributed by atoms with E-state index in [0.29, 0.717) is 37.4 Å². The standard InChI is InChI=1S/C41H44F5N3O5/c1-41(2,40(52)53)18-16-34(50)48-22-27-21-29(25-10-8-24(9-11-25)5-4-20-54-38-32(44)15-14-31(43)37(38)46)35(33(23-48)47-27)39(51)49(28-12-13-28)19-17-26-6-3-7-30(42)36(26)45/h3,6-11,14-15,27-28,33,47H,4-5,12-13,16-23H2,1-2H3,(H,52,53)/t27-,33-/m1/s1. The Bertz CT molecular complexity index is 1930. The fraction of sp³-hybridized carbons (Fsp3) is 0.439. The molecule has 8 nitrogen and oxygen atoms in total. The zero-order chi connectivity index (χ0) is 38.7. The number of carboxylic acid groups (broad SMARTS) is 1. The molecule has 2 atom stereocenters. The number of rotatable bonds is 15. The van der Waals surface area contributed by atoms with Gasteiger partial charge in [0, 0.05) is 43.7 Å². The van der Waals surface area contributed by atoms with E-state index >= 15 is 0 Å². The van der Waals surface area contributed by atoms with E-state index in [4.69, 9.17) is 4.74 Å². The quantitative estimate of drug-likeness (QED) is 0.100. The molecule has 1 aliphatic carbocycles. The van der Waals surface area contributed by atoms with E-state index in [0.717, 1.165) is 41.7 Å². The number of carbonyl (C=O) groups is 3. The van der Waals surface area contributed by atoms with E-state index in [1.807, 2.05) is 24.3 Å². The fourth-order valence-corrected chi connectivity index (χ4v) is 7.19. The van der Waals surface area contributed by atoms with Crippen LogP contribution in [0.15, 0.2) is 60.2 Å². The molecule has 288 valence electrons. The molecule has 2 fully saturated rings. The van der Waals surface area contributed by atoms with Gasteiger partial charge in [-0.25, -0.2) is 17.6 Å². The summed E-state index contributed by atoms with van der Waals surface area (Å²) >= 11 is 0. The number of piperazine rings is 1. The number of aliphatic carboxylic acids is 1. The largest absolute Gasteiger partial charge is 0.488 e. The third-order valence-corrected chi connectivity index (χ3v) is 10.6. The number of carbonyl (C=O) groups excluding carboxylic acids is 2. The molecule has 3 aliphatic rings. The van der Waals surface area contributed by atoms with Gasteiger partial charge in [0.2, 0.25) is 11.7 Å². The highest BCUT2D eigenvalue weighted by molar-refractivity contribution is 6.03. The van der Waals surface area contributed by atoms with E-state index < -0.39 is 52.3 Å². The molecule has 0 spiro atoms. The molecule has 1 saturated carbocycles. The molecule has 6 rings (SSSR count). The zero-order valence-electron chi connectivity index (χ0n) is 30.3. The van der Waals surface area contributed by atoms with Crippen molar-refractivity contribution in [2.45, 2.75) is 83.3 Å². The van der Waals surface area contributed by atoms with Crippen LogP contribution in [0.3, 0.4) is 0 Å². The van der Waals surface area contributed by atoms with Gasteiger partial charge in [0.25, 0.3) is 5.91 Å². The lowest BCUT2D eigenvalue weighted by Crippen LogP contribution is -2.62. The number of hydrogen-bond donors (Lipinski definition) is 2. The minimum Gasteiger partial charge on any atom is -0.488 e. The van der Waals surface area contributed by atoms with Gasteiger partial charge in [-0.05, 0) is 99.3 Å². The van der Waals surface area contributed by atoms with E-state index in [-0.39, 0.29) is 68.4 Å². The number of aryl methyl sites for hydroxylation is 1. The van der Waals surface area contributed by atoms with Crippen LogP contribution in [0, 0.1) is 34.5 Å². The first-order valence-corrected chi connectivity index (χ1v) is 18.3. The number of hydrogen-bond acceptors (Lipinski definition) is 5. The molecule has 2 heterocycles. The number of nitrogens with one attached hydrogen (secondary N) is 1. The summed E-state index contributed by atoms with van der Waals surface area (Å²) in [5.74, 6) is -7.61. The molecule has 3 aromatic rings. The van der Waals surface area contributed by atoms with Crippen LogP contribution in [0.2, 0.25) is 0 Å². The summed E-state index contributed by atoms with van der Waals surface area (Å²) in [6.45, 7) is 3.87. The second-order valence-corrected chi connectivity index (χ2v) is 15.0. The molecule has 13 heteroatoms. The Kier molecular flexibility index (Phi) is 11.7. The van der Waals surface area contributed by atoms with Crippen LogP contribution in [0.4, 0.5) is 22.0 Å². The normalized spacial score (nSPS) is 18.5. The second kappa shape index (κ2) is 16.3. The maximum absolute atomic E-state index is 14.7. The van der Waals surface area contributed by atoms with Crippen molar-refractivity contribution in [3.63, 3.8) is 0 Å². The molecule has 0 unspecified atom stereocenters. The van der Waals surface area contributed by atoms with E-state index in [1.54, 1.807) is 23.6 Å². The van der Waals surface area contributed by atoms with Gasteiger partial charge >= 0.3 is 5.97 Å². The molecule has 2 N–H and O–H groups in total. The van der Waals surface area contributed by atoms with Crippen molar-refractivity contribution in [1.29, 1.82) is 0 Å². The first-order valence-electron chi connectivity index (χ1n) is 18.3. The highest BCUT2D eigenvalue weighted by Crippen LogP contribution is 2.37. The lowest BCUT2D eigenvalue weighted by Gasteiger charge is -2.45. The Labute approximate surface area is 311 Å². The van der Waals surface area contributed by atoms with E-state index in [1.165, 1.54) is 12.1 Å². The summed E-state index contributed by atoms with van der Waals surface area (Å²) in [6, 6.07) is 12.4. The molecule has 0 radical (unpaired) electrons. The van der Waals surface area contributed by atoms with Gasteiger partial charge in [-0.2, -0.15) is 4.39 Å². The SMILES string of the molecule is CC(C)(CCC(=O)N1C[C@H]2CC(c3ccc(CCCOc4c(F)ccc(F)c4F)cc3)=C(C(=O)N(CCc3cccc(F)c3F)C3CC3)[C@@H](C1)N2)C(=O)O. The van der Waals surface area contributed by atoms with Gasteiger partial charge in [0.05, 0.1) is 18.1 Å². The fourth-order valence-electron chi connectivity index (χ4n) is 7.19. The molecular formula is C41H44F5N3O5. The van der Waals surface area contributed by atoms with Crippen LogP contribution in [0.25, 0.3) is 5.57 Å². The van der Waals surface area contributed by atoms with Crippen LogP contribution in [0.5, 0.6) is 5.75 Å². The summed E-state index contributed by atoms with van der Waals surface area (Å²) in [7, 11) is 0. The van der Waals surface area contributed by atoms with Crippen molar-refractivity contribution in [1.82, 2.24) is 15.1 Å². The van der Waals surface area contributed by atoms with Crippen LogP contribution >= 0.6 is 0 Å². The van der Waals surface area contributed by atoms with Crippen molar-refractivity contribution in [2.24, 2.45) is 5.41 Å². The maximum atomic E-state index is 14.7. The Morgan fingerprint density at radius 3 is 2.31 bits per heavy atom. The van der Waals surface area contributed by atoms with Crippen molar-refractivity contribution >= 4 is 23.4 Å². The van der Waals surface area contributed by atoms with Gasteiger partial charge < -0.3 is 25.0 Å². The minimum atomic E-state index is -1.37. The molecule has 2 aliphatic heterocycles. The summed E-state index contributed by atoms with van der Waals surface area (Å²) < 4.78 is 75.3. The molecule has 0 aromatic heterocycles. The van der Waals surface area contributed by atoms with Gasteiger partial charge in [0.15, 0.2) is 29.0 Å². The number of nitrogens with zero attached hydrogens (tertiary/aromatic N) is 2. The van der Waals surface area contributed by atoms with Crippen LogP contribution in [-0.2, 0) is 27.2 Å². The summed E-state index contributed by atoms with van der Waals surface area (Å²) in [6.07, 6.45) is 3.21. The zero-order valence-corrected chi connectivity index (χ0v) is 30.3. The molecule has 3 aromatic carbocycles. The van der Waals surface area contributed by atoms with Crippen molar-refractivity contribution in [2.75, 3.05) is 26.2 Å². The van der Waals surface area contributed by atoms with Crippen LogP contribution < -0.4 is 10.1 Å². The predicted molar refractivity (Wildman–Crippen MR) is 191 cm³/mol. The third-order valence-electron chi connectivity index (χ3n) is 10.6. The van der Waals surface area contributed by atoms with Crippen molar-refractivity contribution in [3.8, 4) is 5.75 Å². The predicted octanol–water partition coefficient (Wildman–Crippen LogP) is 6.84. The number of carboxylic acids is 1. The number of ether oxygens (including phenoxy) is 1. The highest BCUT2D eigenvalue weighted by Gasteiger charge is 2.43. The molecule has 1 saturated heterocycles. The Hall–Kier alpha value is -4.78. The maximum Gasteiger partial charge on any atom is 0.309 e. The average Bonchev–Trinajstić information content (AvgIpc) is 3.99. The van der Waals surface area contributed by atoms with E-state index in [2.05, 4.69) is 5.32 Å². The number of halogens is 5. The smallest absolute Gasteiger partial charge is 0.309 e. The average molecular weight is 754 g/mol. The topological polar surface area (TPSA) is 99.2 Å². The van der Waals surface area contributed by atoms with Gasteiger partial charge in [-0.1, -0.05) is 36.4 Å². The minimum absolute atomic E-state index is 0.0442. The van der Waals surface area contributed by atoms with Crippen LogP contribution in [-0.4, -0.2) is 77.1 Å². The number of fused-ring (bicyclic) bond motifs is 2. The number of benzene rings is 3. The Morgan fingerprint density at radius 2 is 1.61 bits per heavy atom. The third kappa shape index (κ3) is 8.77. The summed E-state index contributed by atoms with van der Waals surface area (Å²) in [4.78, 5) is 43.2. The monoisotopic (exact) mass is 753 g/mol. The first kappa shape index (κ1) is 38.9. The molecular weight excluding hydrogens is 709 g/mol. The van der Waals surface area contributed by atoms with Gasteiger partial charge in [0.1, 0.15) is 0 Å². The molecule has 2 bridgehead atoms. The van der Waals surface area contributed by atoms with E-state index in [9.17, 15) is 41.4 Å². The van der Waals surface area contributed by atoms with Crippen LogP contribution in [0.1, 0.15) is 69.1 Å². The molecule has 54 heavy (non-hydrogen) atoms. The second-order valence-electron chi connectivity index (χ2n) is 15.0. The Morgan fingerprint density at radius 1 is 0.907 bits per heavy atom. The van der Waals surface area contributed by atoms with Crippen molar-refractivity contribution < 1.29 is 46.2 Å². The first-order chi connectivity index (χ1) is 25.7. The Balaban J connectivity index is 1.22. The summed E-state index contributed by atoms with van der Waals surface area (Å²) in [5.41, 5.74) is 2.15. The number of amides is 2. The highest BCUT2D eigenvalue weighted by atomic mass is 19.2. The lowest BCUT2D eigenvalue weighted by atomic mass is 9.82. The summed E-state index contributed by atoms with van der Waals surface area (Å²) in [5, 5.41) is 13.1.